The van der Waals surface area contributed by atoms with Crippen molar-refractivity contribution >= 4 is 11.8 Å². The summed E-state index contributed by atoms with van der Waals surface area (Å²) in [7, 11) is 0. The first-order valence-electron chi connectivity index (χ1n) is 8.13. The van der Waals surface area contributed by atoms with Gasteiger partial charge >= 0.3 is 0 Å². The van der Waals surface area contributed by atoms with Crippen LogP contribution in [-0.2, 0) is 9.59 Å². The average molecular weight is 296 g/mol. The van der Waals surface area contributed by atoms with E-state index in [4.69, 9.17) is 5.73 Å². The number of piperidine rings is 2. The van der Waals surface area contributed by atoms with Crippen LogP contribution < -0.4 is 16.4 Å². The first-order valence-corrected chi connectivity index (χ1v) is 8.13. The molecule has 2 aliphatic heterocycles. The molecule has 0 radical (unpaired) electrons. The third kappa shape index (κ3) is 4.97. The highest BCUT2D eigenvalue weighted by Gasteiger charge is 2.28. The highest BCUT2D eigenvalue weighted by atomic mass is 16.2. The van der Waals surface area contributed by atoms with Gasteiger partial charge in [-0.3, -0.25) is 14.5 Å². The Labute approximate surface area is 126 Å². The molecule has 6 nitrogen and oxygen atoms in total. The van der Waals surface area contributed by atoms with Crippen molar-refractivity contribution in [2.45, 2.75) is 51.1 Å². The topological polar surface area (TPSA) is 87.5 Å². The van der Waals surface area contributed by atoms with Gasteiger partial charge in [0.1, 0.15) is 0 Å². The maximum absolute atomic E-state index is 12.3. The van der Waals surface area contributed by atoms with Crippen LogP contribution in [0.1, 0.15) is 39.0 Å². The molecule has 6 heteroatoms. The van der Waals surface area contributed by atoms with Gasteiger partial charge in [0.15, 0.2) is 0 Å². The molecule has 120 valence electrons. The van der Waals surface area contributed by atoms with Gasteiger partial charge in [-0.15, -0.1) is 0 Å². The Morgan fingerprint density at radius 2 is 2.00 bits per heavy atom. The molecule has 2 rings (SSSR count). The van der Waals surface area contributed by atoms with Gasteiger partial charge in [-0.2, -0.15) is 0 Å². The van der Waals surface area contributed by atoms with Crippen molar-refractivity contribution in [3.8, 4) is 0 Å². The Balaban J connectivity index is 1.72. The van der Waals surface area contributed by atoms with Crippen molar-refractivity contribution in [2.75, 3.05) is 26.2 Å². The molecule has 2 unspecified atom stereocenters. The first kappa shape index (κ1) is 16.2. The summed E-state index contributed by atoms with van der Waals surface area (Å²) in [4.78, 5) is 25.3. The lowest BCUT2D eigenvalue weighted by Gasteiger charge is -2.34. The molecule has 0 aromatic rings. The van der Waals surface area contributed by atoms with Crippen molar-refractivity contribution in [2.24, 2.45) is 11.7 Å². The minimum absolute atomic E-state index is 0.0349. The van der Waals surface area contributed by atoms with Gasteiger partial charge in [0.2, 0.25) is 11.8 Å². The summed E-state index contributed by atoms with van der Waals surface area (Å²) < 4.78 is 0. The van der Waals surface area contributed by atoms with E-state index in [0.29, 0.717) is 12.5 Å². The van der Waals surface area contributed by atoms with E-state index < -0.39 is 0 Å². The molecule has 21 heavy (non-hydrogen) atoms. The number of carbonyl (C=O) groups is 2. The van der Waals surface area contributed by atoms with Crippen molar-refractivity contribution in [3.05, 3.63) is 0 Å². The van der Waals surface area contributed by atoms with E-state index in [1.54, 1.807) is 0 Å². The summed E-state index contributed by atoms with van der Waals surface area (Å²) in [5.41, 5.74) is 5.20. The SMILES string of the molecule is CCC1CCNC(C(=O)NC2CCN(CC(N)=O)CC2)C1. The highest BCUT2D eigenvalue weighted by molar-refractivity contribution is 5.82. The fourth-order valence-electron chi connectivity index (χ4n) is 3.32. The number of carbonyl (C=O) groups excluding carboxylic acids is 2. The van der Waals surface area contributed by atoms with Crippen molar-refractivity contribution < 1.29 is 9.59 Å². The second-order valence-electron chi connectivity index (χ2n) is 6.33. The zero-order chi connectivity index (χ0) is 15.2. The van der Waals surface area contributed by atoms with Crippen LogP contribution >= 0.6 is 0 Å². The van der Waals surface area contributed by atoms with E-state index in [1.165, 1.54) is 6.42 Å². The molecule has 2 heterocycles. The number of likely N-dealkylation sites (tertiary alicyclic amines) is 1. The van der Waals surface area contributed by atoms with E-state index >= 15 is 0 Å². The molecular formula is C15H28N4O2. The van der Waals surface area contributed by atoms with Crippen LogP contribution in [-0.4, -0.2) is 55.0 Å². The normalized spacial score (nSPS) is 28.2. The lowest BCUT2D eigenvalue weighted by Crippen LogP contribution is -2.53. The van der Waals surface area contributed by atoms with Crippen LogP contribution in [0.5, 0.6) is 0 Å². The number of amides is 2. The average Bonchev–Trinajstić information content (AvgIpc) is 2.49. The van der Waals surface area contributed by atoms with E-state index in [1.807, 2.05) is 0 Å². The standard InChI is InChI=1S/C15H28N4O2/c1-2-11-3-6-17-13(9-11)15(21)18-12-4-7-19(8-5-12)10-14(16)20/h11-13,17H,2-10H2,1H3,(H2,16,20)(H,18,21). The Kier molecular flexibility index (Phi) is 5.99. The van der Waals surface area contributed by atoms with E-state index in [2.05, 4.69) is 22.5 Å². The molecule has 0 aromatic heterocycles. The maximum atomic E-state index is 12.3. The Hall–Kier alpha value is -1.14. The van der Waals surface area contributed by atoms with Crippen LogP contribution in [0.15, 0.2) is 0 Å². The van der Waals surface area contributed by atoms with Crippen LogP contribution in [0.25, 0.3) is 0 Å². The van der Waals surface area contributed by atoms with Gasteiger partial charge < -0.3 is 16.4 Å². The van der Waals surface area contributed by atoms with Crippen LogP contribution in [0, 0.1) is 5.92 Å². The fraction of sp³-hybridized carbons (Fsp3) is 0.867. The number of nitrogens with zero attached hydrogens (tertiary/aromatic N) is 1. The fourth-order valence-corrected chi connectivity index (χ4v) is 3.32. The molecule has 0 aromatic carbocycles. The number of hydrogen-bond acceptors (Lipinski definition) is 4. The van der Waals surface area contributed by atoms with E-state index in [0.717, 1.165) is 45.3 Å². The summed E-state index contributed by atoms with van der Waals surface area (Å²) in [5.74, 6) is 0.524. The third-order valence-corrected chi connectivity index (χ3v) is 4.72. The van der Waals surface area contributed by atoms with Gasteiger partial charge in [0, 0.05) is 19.1 Å². The molecule has 2 fully saturated rings. The number of nitrogens with one attached hydrogen (secondary N) is 2. The van der Waals surface area contributed by atoms with Crippen LogP contribution in [0.4, 0.5) is 0 Å². The molecule has 0 bridgehead atoms. The molecule has 2 saturated heterocycles. The van der Waals surface area contributed by atoms with Gasteiger partial charge in [0.05, 0.1) is 12.6 Å². The van der Waals surface area contributed by atoms with Crippen molar-refractivity contribution in [3.63, 3.8) is 0 Å². The summed E-state index contributed by atoms with van der Waals surface area (Å²) in [6.45, 7) is 5.10. The summed E-state index contributed by atoms with van der Waals surface area (Å²) >= 11 is 0. The lowest BCUT2D eigenvalue weighted by molar-refractivity contribution is -0.125. The molecule has 4 N–H and O–H groups in total. The lowest BCUT2D eigenvalue weighted by atomic mass is 9.90. The molecule has 2 amide bonds. The Bertz CT molecular complexity index is 367. The maximum Gasteiger partial charge on any atom is 0.237 e. The number of hydrogen-bond donors (Lipinski definition) is 3. The summed E-state index contributed by atoms with van der Waals surface area (Å²) in [5, 5.41) is 6.49. The monoisotopic (exact) mass is 296 g/mol. The van der Waals surface area contributed by atoms with Crippen molar-refractivity contribution in [1.82, 2.24) is 15.5 Å². The number of rotatable bonds is 5. The van der Waals surface area contributed by atoms with Gasteiger partial charge in [0.25, 0.3) is 0 Å². The summed E-state index contributed by atoms with van der Waals surface area (Å²) in [6.07, 6.45) is 5.05. The second kappa shape index (κ2) is 7.75. The van der Waals surface area contributed by atoms with Crippen LogP contribution in [0.3, 0.4) is 0 Å². The Morgan fingerprint density at radius 3 is 2.62 bits per heavy atom. The molecule has 2 aliphatic rings. The molecule has 2 atom stereocenters. The first-order chi connectivity index (χ1) is 10.1. The molecular weight excluding hydrogens is 268 g/mol. The van der Waals surface area contributed by atoms with Crippen molar-refractivity contribution in [1.29, 1.82) is 0 Å². The van der Waals surface area contributed by atoms with Crippen LogP contribution in [0.2, 0.25) is 0 Å². The zero-order valence-electron chi connectivity index (χ0n) is 12.9. The third-order valence-electron chi connectivity index (χ3n) is 4.72. The predicted octanol–water partition coefficient (Wildman–Crippen LogP) is -0.169. The quantitative estimate of drug-likeness (QED) is 0.657. The number of nitrogens with two attached hydrogens (primary N) is 1. The highest BCUT2D eigenvalue weighted by Crippen LogP contribution is 2.20. The van der Waals surface area contributed by atoms with Gasteiger partial charge in [-0.25, -0.2) is 0 Å². The van der Waals surface area contributed by atoms with E-state index in [-0.39, 0.29) is 23.9 Å². The van der Waals surface area contributed by atoms with Gasteiger partial charge in [-0.05, 0) is 38.1 Å². The van der Waals surface area contributed by atoms with Gasteiger partial charge in [-0.1, -0.05) is 13.3 Å². The molecule has 0 spiro atoms. The second-order valence-corrected chi connectivity index (χ2v) is 6.33. The minimum Gasteiger partial charge on any atom is -0.369 e. The smallest absolute Gasteiger partial charge is 0.237 e. The van der Waals surface area contributed by atoms with E-state index in [9.17, 15) is 9.59 Å². The largest absolute Gasteiger partial charge is 0.369 e. The zero-order valence-corrected chi connectivity index (χ0v) is 12.9. The summed E-state index contributed by atoms with van der Waals surface area (Å²) in [6, 6.07) is 0.192. The molecule has 0 aliphatic carbocycles. The number of primary amides is 1. The Morgan fingerprint density at radius 1 is 1.29 bits per heavy atom. The predicted molar refractivity (Wildman–Crippen MR) is 81.6 cm³/mol. The molecule has 0 saturated carbocycles. The minimum atomic E-state index is -0.283.